The predicted octanol–water partition coefficient (Wildman–Crippen LogP) is 1.43. The lowest BCUT2D eigenvalue weighted by molar-refractivity contribution is -0.112. The van der Waals surface area contributed by atoms with Crippen LogP contribution >= 0.6 is 0 Å². The van der Waals surface area contributed by atoms with Crippen LogP contribution in [0.25, 0.3) is 0 Å². The Balaban J connectivity index is 2.10. The van der Waals surface area contributed by atoms with Crippen LogP contribution in [0, 0.1) is 11.3 Å². The average molecular weight is 199 g/mol. The second kappa shape index (κ2) is 1.95. The number of ether oxygens (including phenoxy) is 2. The van der Waals surface area contributed by atoms with Crippen molar-refractivity contribution in [3.63, 3.8) is 0 Å². The zero-order valence-corrected chi connectivity index (χ0v) is 8.23. The van der Waals surface area contributed by atoms with Crippen molar-refractivity contribution in [1.29, 1.82) is 5.26 Å². The van der Waals surface area contributed by atoms with Crippen molar-refractivity contribution in [2.75, 3.05) is 0 Å². The molecule has 1 aromatic rings. The van der Waals surface area contributed by atoms with Crippen LogP contribution in [-0.2, 0) is 20.7 Å². The summed E-state index contributed by atoms with van der Waals surface area (Å²) >= 11 is 0. The fourth-order valence-electron chi connectivity index (χ4n) is 3.09. The van der Waals surface area contributed by atoms with Crippen LogP contribution in [0.4, 0.5) is 0 Å². The molecule has 0 spiro atoms. The van der Waals surface area contributed by atoms with Gasteiger partial charge in [-0.15, -0.1) is 0 Å². The topological polar surface area (TPSA) is 45.5 Å². The molecule has 2 saturated heterocycles. The average Bonchev–Trinajstić information content (AvgIpc) is 2.99. The molecule has 0 radical (unpaired) electrons. The van der Waals surface area contributed by atoms with E-state index in [0.717, 1.165) is 11.1 Å². The first-order valence-electron chi connectivity index (χ1n) is 5.09. The largest absolute Gasteiger partial charge is 0.361 e. The van der Waals surface area contributed by atoms with Crippen LogP contribution in [0.1, 0.15) is 18.1 Å². The molecule has 3 aliphatic rings. The first kappa shape index (κ1) is 7.86. The summed E-state index contributed by atoms with van der Waals surface area (Å²) in [6, 6.07) is 10.2. The summed E-state index contributed by atoms with van der Waals surface area (Å²) < 4.78 is 11.5. The van der Waals surface area contributed by atoms with Gasteiger partial charge in [0.25, 0.3) is 0 Å². The minimum Gasteiger partial charge on any atom is -0.361 e. The van der Waals surface area contributed by atoms with E-state index in [4.69, 9.17) is 9.47 Å². The number of benzene rings is 1. The first-order valence-corrected chi connectivity index (χ1v) is 5.09. The lowest BCUT2D eigenvalue weighted by Gasteiger charge is -2.20. The molecule has 0 aromatic heterocycles. The highest BCUT2D eigenvalue weighted by Crippen LogP contribution is 2.66. The van der Waals surface area contributed by atoms with Gasteiger partial charge in [0.2, 0.25) is 5.60 Å². The van der Waals surface area contributed by atoms with Crippen molar-refractivity contribution in [2.45, 2.75) is 30.3 Å². The molecule has 2 bridgehead atoms. The van der Waals surface area contributed by atoms with Gasteiger partial charge in [0.1, 0.15) is 23.9 Å². The van der Waals surface area contributed by atoms with Crippen LogP contribution < -0.4 is 0 Å². The summed E-state index contributed by atoms with van der Waals surface area (Å²) in [6.45, 7) is 2.02. The minimum atomic E-state index is -0.837. The summed E-state index contributed by atoms with van der Waals surface area (Å²) in [7, 11) is 0. The SMILES string of the molecule is CC12OC(C#N)(c3ccccc31)C1OC12. The van der Waals surface area contributed by atoms with Gasteiger partial charge in [0.05, 0.1) is 0 Å². The lowest BCUT2D eigenvalue weighted by Crippen LogP contribution is -2.28. The maximum absolute atomic E-state index is 9.35. The number of fused-ring (bicyclic) bond motifs is 8. The van der Waals surface area contributed by atoms with Gasteiger partial charge in [-0.05, 0) is 12.5 Å². The summed E-state index contributed by atoms with van der Waals surface area (Å²) in [5.41, 5.74) is 0.867. The molecule has 0 amide bonds. The molecule has 1 aromatic carbocycles. The van der Waals surface area contributed by atoms with Crippen LogP contribution in [-0.4, -0.2) is 12.2 Å². The molecule has 4 atom stereocenters. The number of rotatable bonds is 0. The number of hydrogen-bond acceptors (Lipinski definition) is 3. The summed E-state index contributed by atoms with van der Waals surface area (Å²) in [5.74, 6) is 0. The van der Waals surface area contributed by atoms with Gasteiger partial charge in [-0.1, -0.05) is 24.3 Å². The summed E-state index contributed by atoms with van der Waals surface area (Å²) in [6.07, 6.45) is 0.0226. The smallest absolute Gasteiger partial charge is 0.209 e. The Hall–Kier alpha value is -1.37. The molecular weight excluding hydrogens is 190 g/mol. The molecule has 74 valence electrons. The van der Waals surface area contributed by atoms with E-state index < -0.39 is 11.2 Å². The molecule has 0 saturated carbocycles. The Morgan fingerprint density at radius 1 is 1.27 bits per heavy atom. The molecular formula is C12H9NO2. The normalized spacial score (nSPS) is 48.3. The molecule has 3 nitrogen and oxygen atoms in total. The summed E-state index contributed by atoms with van der Waals surface area (Å²) in [5, 5.41) is 9.35. The number of hydrogen-bond donors (Lipinski definition) is 0. The lowest BCUT2D eigenvalue weighted by atomic mass is 9.78. The molecule has 2 fully saturated rings. The predicted molar refractivity (Wildman–Crippen MR) is 50.8 cm³/mol. The van der Waals surface area contributed by atoms with Crippen molar-refractivity contribution in [3.05, 3.63) is 35.4 Å². The van der Waals surface area contributed by atoms with E-state index >= 15 is 0 Å². The molecule has 15 heavy (non-hydrogen) atoms. The first-order chi connectivity index (χ1) is 7.22. The van der Waals surface area contributed by atoms with Gasteiger partial charge in [-0.3, -0.25) is 0 Å². The third kappa shape index (κ3) is 0.603. The Morgan fingerprint density at radius 3 is 2.73 bits per heavy atom. The highest BCUT2D eigenvalue weighted by molar-refractivity contribution is 5.53. The van der Waals surface area contributed by atoms with Crippen LogP contribution in [0.5, 0.6) is 0 Å². The Bertz CT molecular complexity index is 521. The van der Waals surface area contributed by atoms with Gasteiger partial charge in [-0.25, -0.2) is 0 Å². The fourth-order valence-corrected chi connectivity index (χ4v) is 3.09. The van der Waals surface area contributed by atoms with E-state index in [1.165, 1.54) is 0 Å². The maximum atomic E-state index is 9.35. The zero-order valence-electron chi connectivity index (χ0n) is 8.23. The van der Waals surface area contributed by atoms with Crippen LogP contribution in [0.15, 0.2) is 24.3 Å². The quantitative estimate of drug-likeness (QED) is 0.594. The van der Waals surface area contributed by atoms with Crippen molar-refractivity contribution < 1.29 is 9.47 Å². The van der Waals surface area contributed by atoms with E-state index in [1.54, 1.807) is 0 Å². The monoisotopic (exact) mass is 199 g/mol. The molecule has 4 rings (SSSR count). The van der Waals surface area contributed by atoms with Crippen molar-refractivity contribution in [1.82, 2.24) is 0 Å². The van der Waals surface area contributed by atoms with E-state index in [-0.39, 0.29) is 12.2 Å². The zero-order chi connectivity index (χ0) is 10.3. The molecule has 3 heteroatoms. The Kier molecular flexibility index (Phi) is 1.02. The molecule has 4 unspecified atom stereocenters. The third-order valence-electron chi connectivity index (χ3n) is 3.84. The van der Waals surface area contributed by atoms with Crippen LogP contribution in [0.2, 0.25) is 0 Å². The van der Waals surface area contributed by atoms with Gasteiger partial charge in [0, 0.05) is 5.56 Å². The van der Waals surface area contributed by atoms with Crippen molar-refractivity contribution >= 4 is 0 Å². The standard InChI is InChI=1S/C12H9NO2/c1-11-7-4-2-3-5-8(7)12(6-13,15-11)10-9(11)14-10/h2-5,9-10H,1H3. The summed E-state index contributed by atoms with van der Waals surface area (Å²) in [4.78, 5) is 0. The molecule has 3 heterocycles. The Labute approximate surface area is 87.2 Å². The molecule has 3 aliphatic heterocycles. The highest BCUT2D eigenvalue weighted by atomic mass is 16.7. The van der Waals surface area contributed by atoms with E-state index in [1.807, 2.05) is 31.2 Å². The van der Waals surface area contributed by atoms with Gasteiger partial charge in [0.15, 0.2) is 0 Å². The molecule has 0 aliphatic carbocycles. The van der Waals surface area contributed by atoms with Crippen molar-refractivity contribution in [3.8, 4) is 6.07 Å². The van der Waals surface area contributed by atoms with Gasteiger partial charge >= 0.3 is 0 Å². The van der Waals surface area contributed by atoms with E-state index in [9.17, 15) is 5.26 Å². The second-order valence-corrected chi connectivity index (χ2v) is 4.58. The highest BCUT2D eigenvalue weighted by Gasteiger charge is 2.78. The van der Waals surface area contributed by atoms with E-state index in [2.05, 4.69) is 6.07 Å². The third-order valence-corrected chi connectivity index (χ3v) is 3.84. The second-order valence-electron chi connectivity index (χ2n) is 4.58. The number of epoxide rings is 1. The fraction of sp³-hybridized carbons (Fsp3) is 0.417. The van der Waals surface area contributed by atoms with Gasteiger partial charge in [-0.2, -0.15) is 5.26 Å². The number of nitriles is 1. The van der Waals surface area contributed by atoms with Crippen LogP contribution in [0.3, 0.4) is 0 Å². The number of nitrogens with zero attached hydrogens (tertiary/aromatic N) is 1. The van der Waals surface area contributed by atoms with Gasteiger partial charge < -0.3 is 9.47 Å². The van der Waals surface area contributed by atoms with Crippen molar-refractivity contribution in [2.24, 2.45) is 0 Å². The molecule has 0 N–H and O–H groups in total. The Morgan fingerprint density at radius 2 is 2.00 bits per heavy atom. The van der Waals surface area contributed by atoms with E-state index in [0.29, 0.717) is 0 Å². The maximum Gasteiger partial charge on any atom is 0.209 e. The minimum absolute atomic E-state index is 0.0533.